The van der Waals surface area contributed by atoms with Crippen LogP contribution in [0.5, 0.6) is 0 Å². The zero-order valence-electron chi connectivity index (χ0n) is 21.1. The van der Waals surface area contributed by atoms with Gasteiger partial charge in [-0.2, -0.15) is 0 Å². The molecule has 1 fully saturated rings. The number of hydroxylamine groups is 1. The van der Waals surface area contributed by atoms with Crippen molar-refractivity contribution in [3.8, 4) is 11.8 Å². The van der Waals surface area contributed by atoms with Gasteiger partial charge in [0.25, 0.3) is 11.8 Å². The molecule has 6 N–H and O–H groups in total. The SMILES string of the molecule is CC1CCC(NCC(=O)Nc2ccc(C#Cc3ccc(C(=O)NC(C(=O)NO)C(C)O)cc3)cc2)CC1. The third-order valence-electron chi connectivity index (χ3n) is 6.40. The Hall–Kier alpha value is -3.71. The maximum absolute atomic E-state index is 12.4. The summed E-state index contributed by atoms with van der Waals surface area (Å²) in [6.45, 7) is 3.90. The molecule has 3 rings (SSSR count). The van der Waals surface area contributed by atoms with Crippen molar-refractivity contribution in [1.82, 2.24) is 16.1 Å². The van der Waals surface area contributed by atoms with Crippen LogP contribution in [-0.2, 0) is 9.59 Å². The van der Waals surface area contributed by atoms with Crippen molar-refractivity contribution in [3.05, 3.63) is 65.2 Å². The summed E-state index contributed by atoms with van der Waals surface area (Å²) >= 11 is 0. The lowest BCUT2D eigenvalue weighted by Crippen LogP contribution is -2.51. The van der Waals surface area contributed by atoms with Crippen molar-refractivity contribution >= 4 is 23.4 Å². The Bertz CT molecular complexity index is 1130. The molecule has 3 amide bonds. The second-order valence-corrected chi connectivity index (χ2v) is 9.46. The molecule has 1 aliphatic rings. The molecule has 0 aliphatic heterocycles. The first kappa shape index (κ1) is 27.9. The molecule has 0 spiro atoms. The lowest BCUT2D eigenvalue weighted by atomic mass is 9.87. The van der Waals surface area contributed by atoms with Crippen LogP contribution in [0.4, 0.5) is 5.69 Å². The van der Waals surface area contributed by atoms with Crippen LogP contribution in [0.3, 0.4) is 0 Å². The molecule has 2 atom stereocenters. The summed E-state index contributed by atoms with van der Waals surface area (Å²) in [6.07, 6.45) is 3.45. The van der Waals surface area contributed by atoms with Crippen LogP contribution in [0.2, 0.25) is 0 Å². The highest BCUT2D eigenvalue weighted by molar-refractivity contribution is 5.97. The highest BCUT2D eigenvalue weighted by Crippen LogP contribution is 2.23. The molecular weight excluding hydrogens is 472 g/mol. The molecular formula is C28H34N4O5. The fourth-order valence-electron chi connectivity index (χ4n) is 4.09. The minimum Gasteiger partial charge on any atom is -0.391 e. The number of aliphatic hydroxyl groups excluding tert-OH is 1. The van der Waals surface area contributed by atoms with Gasteiger partial charge in [-0.05, 0) is 87.1 Å². The zero-order chi connectivity index (χ0) is 26.8. The van der Waals surface area contributed by atoms with Gasteiger partial charge < -0.3 is 21.1 Å². The highest BCUT2D eigenvalue weighted by atomic mass is 16.5. The third kappa shape index (κ3) is 8.72. The van der Waals surface area contributed by atoms with E-state index in [-0.39, 0.29) is 11.5 Å². The number of rotatable bonds is 8. The first-order valence-electron chi connectivity index (χ1n) is 12.4. The van der Waals surface area contributed by atoms with E-state index in [9.17, 15) is 19.5 Å². The fourth-order valence-corrected chi connectivity index (χ4v) is 4.09. The van der Waals surface area contributed by atoms with Gasteiger partial charge in [0.05, 0.1) is 12.6 Å². The zero-order valence-corrected chi connectivity index (χ0v) is 21.1. The Morgan fingerprint density at radius 2 is 1.51 bits per heavy atom. The Morgan fingerprint density at radius 1 is 0.946 bits per heavy atom. The molecule has 2 aromatic rings. The summed E-state index contributed by atoms with van der Waals surface area (Å²) in [4.78, 5) is 36.2. The van der Waals surface area contributed by atoms with Gasteiger partial charge in [-0.3, -0.25) is 19.6 Å². The van der Waals surface area contributed by atoms with Gasteiger partial charge in [0.15, 0.2) is 0 Å². The van der Waals surface area contributed by atoms with E-state index in [2.05, 4.69) is 34.7 Å². The van der Waals surface area contributed by atoms with Gasteiger partial charge in [-0.25, -0.2) is 5.48 Å². The summed E-state index contributed by atoms with van der Waals surface area (Å²) < 4.78 is 0. The number of hydrogen-bond donors (Lipinski definition) is 6. The summed E-state index contributed by atoms with van der Waals surface area (Å²) in [5.74, 6) is 5.28. The van der Waals surface area contributed by atoms with Gasteiger partial charge in [0.2, 0.25) is 5.91 Å². The molecule has 0 saturated heterocycles. The maximum Gasteiger partial charge on any atom is 0.268 e. The summed E-state index contributed by atoms with van der Waals surface area (Å²) in [5, 5.41) is 27.0. The quantitative estimate of drug-likeness (QED) is 0.184. The first-order chi connectivity index (χ1) is 17.7. The van der Waals surface area contributed by atoms with Gasteiger partial charge in [-0.1, -0.05) is 18.8 Å². The molecule has 196 valence electrons. The predicted octanol–water partition coefficient (Wildman–Crippen LogP) is 2.18. The maximum atomic E-state index is 12.4. The molecule has 1 saturated carbocycles. The standard InChI is InChI=1S/C28H34N4O5/c1-18-3-13-23(14-4-18)29-17-25(34)30-24-15-9-21(10-16-24)6-5-20-7-11-22(12-8-20)27(35)31-26(19(2)33)28(36)32-37/h7-12,15-16,18-19,23,26,29,33,37H,3-4,13-14,17H2,1-2H3,(H,30,34)(H,31,35)(H,32,36). The van der Waals surface area contributed by atoms with Crippen LogP contribution >= 0.6 is 0 Å². The van der Waals surface area contributed by atoms with E-state index in [1.807, 2.05) is 12.1 Å². The van der Waals surface area contributed by atoms with E-state index in [1.165, 1.54) is 25.2 Å². The van der Waals surface area contributed by atoms with Crippen molar-refractivity contribution in [2.45, 2.75) is 57.7 Å². The molecule has 2 unspecified atom stereocenters. The van der Waals surface area contributed by atoms with E-state index in [1.54, 1.807) is 36.4 Å². The van der Waals surface area contributed by atoms with Crippen LogP contribution in [-0.4, -0.2) is 52.8 Å². The lowest BCUT2D eigenvalue weighted by molar-refractivity contribution is -0.133. The molecule has 37 heavy (non-hydrogen) atoms. The molecule has 0 heterocycles. The number of benzene rings is 2. The van der Waals surface area contributed by atoms with E-state index < -0.39 is 24.0 Å². The highest BCUT2D eigenvalue weighted by Gasteiger charge is 2.25. The van der Waals surface area contributed by atoms with E-state index >= 15 is 0 Å². The average Bonchev–Trinajstić information content (AvgIpc) is 2.90. The first-order valence-corrected chi connectivity index (χ1v) is 12.4. The largest absolute Gasteiger partial charge is 0.391 e. The summed E-state index contributed by atoms with van der Waals surface area (Å²) in [5.41, 5.74) is 3.84. The Morgan fingerprint density at radius 3 is 2.05 bits per heavy atom. The topological polar surface area (TPSA) is 140 Å². The van der Waals surface area contributed by atoms with Gasteiger partial charge >= 0.3 is 0 Å². The number of carbonyl (C=O) groups excluding carboxylic acids is 3. The number of hydrogen-bond acceptors (Lipinski definition) is 6. The molecule has 2 aromatic carbocycles. The monoisotopic (exact) mass is 506 g/mol. The lowest BCUT2D eigenvalue weighted by Gasteiger charge is -2.26. The minimum atomic E-state index is -1.29. The van der Waals surface area contributed by atoms with Crippen LogP contribution in [0.25, 0.3) is 0 Å². The van der Waals surface area contributed by atoms with Crippen LogP contribution < -0.4 is 21.4 Å². The van der Waals surface area contributed by atoms with Crippen LogP contribution in [0.1, 0.15) is 61.0 Å². The van der Waals surface area contributed by atoms with Crippen molar-refractivity contribution in [3.63, 3.8) is 0 Å². The second kappa shape index (κ2) is 13.6. The van der Waals surface area contributed by atoms with Crippen LogP contribution in [0, 0.1) is 17.8 Å². The normalized spacial score (nSPS) is 18.5. The Kier molecular flexibility index (Phi) is 10.2. The van der Waals surface area contributed by atoms with Gasteiger partial charge in [0, 0.05) is 28.4 Å². The van der Waals surface area contributed by atoms with Crippen molar-refractivity contribution in [2.75, 3.05) is 11.9 Å². The van der Waals surface area contributed by atoms with E-state index in [0.717, 1.165) is 24.3 Å². The molecule has 0 bridgehead atoms. The van der Waals surface area contributed by atoms with E-state index in [0.29, 0.717) is 23.8 Å². The third-order valence-corrected chi connectivity index (χ3v) is 6.40. The molecule has 9 nitrogen and oxygen atoms in total. The number of amides is 3. The smallest absolute Gasteiger partial charge is 0.268 e. The average molecular weight is 507 g/mol. The fraction of sp³-hybridized carbons (Fsp3) is 0.393. The number of aliphatic hydroxyl groups is 1. The molecule has 9 heteroatoms. The number of anilines is 1. The number of carbonyl (C=O) groups is 3. The van der Waals surface area contributed by atoms with Crippen molar-refractivity contribution in [1.29, 1.82) is 0 Å². The molecule has 0 radical (unpaired) electrons. The van der Waals surface area contributed by atoms with Gasteiger partial charge in [-0.15, -0.1) is 0 Å². The van der Waals surface area contributed by atoms with Crippen molar-refractivity contribution in [2.24, 2.45) is 5.92 Å². The van der Waals surface area contributed by atoms with E-state index in [4.69, 9.17) is 5.21 Å². The molecule has 0 aromatic heterocycles. The van der Waals surface area contributed by atoms with Crippen LogP contribution in [0.15, 0.2) is 48.5 Å². The second-order valence-electron chi connectivity index (χ2n) is 9.46. The Labute approximate surface area is 217 Å². The predicted molar refractivity (Wildman–Crippen MR) is 140 cm³/mol. The Balaban J connectivity index is 1.50. The van der Waals surface area contributed by atoms with Crippen molar-refractivity contribution < 1.29 is 24.7 Å². The summed E-state index contributed by atoms with van der Waals surface area (Å²) in [7, 11) is 0. The minimum absolute atomic E-state index is 0.0710. The van der Waals surface area contributed by atoms with Gasteiger partial charge in [0.1, 0.15) is 6.04 Å². The molecule has 1 aliphatic carbocycles. The summed E-state index contributed by atoms with van der Waals surface area (Å²) in [6, 6.07) is 12.8. The number of nitrogens with one attached hydrogen (secondary N) is 4.